The molecule has 2 atom stereocenters. The predicted molar refractivity (Wildman–Crippen MR) is 34.5 cm³/mol. The van der Waals surface area contributed by atoms with Gasteiger partial charge in [-0.25, -0.2) is 0 Å². The second-order valence-electron chi connectivity index (χ2n) is 1.73. The first-order valence-electron chi connectivity index (χ1n) is 2.65. The molecule has 1 fully saturated rings. The Morgan fingerprint density at radius 2 is 2.56 bits per heavy atom. The highest BCUT2D eigenvalue weighted by molar-refractivity contribution is 9.09. The molecule has 1 rings (SSSR count). The van der Waals surface area contributed by atoms with Gasteiger partial charge in [-0.15, -0.1) is 0 Å². The van der Waals surface area contributed by atoms with Gasteiger partial charge in [-0.1, -0.05) is 15.9 Å². The lowest BCUT2D eigenvalue weighted by atomic mass is 10.4. The van der Waals surface area contributed by atoms with Crippen molar-refractivity contribution in [2.75, 3.05) is 11.9 Å². The fourth-order valence-corrected chi connectivity index (χ4v) is 0.967. The van der Waals surface area contributed by atoms with Crippen LogP contribution < -0.4 is 0 Å². The maximum atomic E-state index is 10.0. The van der Waals surface area contributed by atoms with Crippen molar-refractivity contribution in [3.63, 3.8) is 0 Å². The molecule has 52 valence electrons. The second-order valence-corrected chi connectivity index (χ2v) is 2.38. The minimum atomic E-state index is -0.354. The van der Waals surface area contributed by atoms with Gasteiger partial charge in [-0.05, 0) is 0 Å². The van der Waals surface area contributed by atoms with Crippen LogP contribution in [0.4, 0.5) is 0 Å². The van der Waals surface area contributed by atoms with E-state index in [0.29, 0.717) is 11.9 Å². The molecular weight excluding hydrogens is 188 g/mol. The van der Waals surface area contributed by atoms with E-state index in [2.05, 4.69) is 15.9 Å². The van der Waals surface area contributed by atoms with E-state index >= 15 is 0 Å². The van der Waals surface area contributed by atoms with Crippen molar-refractivity contribution in [2.45, 2.75) is 12.4 Å². The van der Waals surface area contributed by atoms with E-state index in [9.17, 15) is 4.79 Å². The maximum Gasteiger partial charge on any atom is 0.168 e. The summed E-state index contributed by atoms with van der Waals surface area (Å²) in [4.78, 5) is 10.0. The summed E-state index contributed by atoms with van der Waals surface area (Å²) < 4.78 is 10.0. The summed E-state index contributed by atoms with van der Waals surface area (Å²) in [6, 6.07) is 0. The summed E-state index contributed by atoms with van der Waals surface area (Å²) in [5.74, 6) is 0. The molecule has 9 heavy (non-hydrogen) atoms. The van der Waals surface area contributed by atoms with Crippen molar-refractivity contribution in [1.82, 2.24) is 0 Å². The van der Waals surface area contributed by atoms with E-state index in [1.54, 1.807) is 0 Å². The molecule has 0 aromatic heterocycles. The van der Waals surface area contributed by atoms with Gasteiger partial charge in [0.25, 0.3) is 0 Å². The van der Waals surface area contributed by atoms with Gasteiger partial charge in [0.2, 0.25) is 0 Å². The lowest BCUT2D eigenvalue weighted by Gasteiger charge is -2.02. The van der Waals surface area contributed by atoms with E-state index in [1.165, 1.54) is 0 Å². The molecule has 0 amide bonds. The Bertz CT molecular complexity index is 106. The van der Waals surface area contributed by atoms with Gasteiger partial charge in [0.15, 0.2) is 12.6 Å². The Labute approximate surface area is 61.4 Å². The quantitative estimate of drug-likeness (QED) is 0.470. The molecular formula is C5H7BrO3. The topological polar surface area (TPSA) is 35.5 Å². The van der Waals surface area contributed by atoms with Crippen molar-refractivity contribution < 1.29 is 14.3 Å². The minimum absolute atomic E-state index is 0.236. The normalized spacial score (nSPS) is 34.8. The average Bonchev–Trinajstić information content (AvgIpc) is 2.34. The van der Waals surface area contributed by atoms with Crippen LogP contribution in [0.5, 0.6) is 0 Å². The molecule has 4 heteroatoms. The van der Waals surface area contributed by atoms with Gasteiger partial charge in [0.05, 0.1) is 11.9 Å². The number of halogens is 1. The van der Waals surface area contributed by atoms with Crippen LogP contribution in [0.3, 0.4) is 0 Å². The first-order valence-corrected chi connectivity index (χ1v) is 3.77. The van der Waals surface area contributed by atoms with E-state index in [-0.39, 0.29) is 12.4 Å². The molecule has 0 saturated carbocycles. The zero-order valence-corrected chi connectivity index (χ0v) is 6.33. The minimum Gasteiger partial charge on any atom is -0.349 e. The number of alkyl halides is 1. The summed E-state index contributed by atoms with van der Waals surface area (Å²) in [7, 11) is 0. The fraction of sp³-hybridized carbons (Fsp3) is 0.800. The fourth-order valence-electron chi connectivity index (χ4n) is 0.628. The summed E-state index contributed by atoms with van der Waals surface area (Å²) in [5.41, 5.74) is 0. The van der Waals surface area contributed by atoms with Gasteiger partial charge >= 0.3 is 0 Å². The van der Waals surface area contributed by atoms with E-state index in [1.807, 2.05) is 0 Å². The van der Waals surface area contributed by atoms with Crippen LogP contribution in [0.25, 0.3) is 0 Å². The third kappa shape index (κ3) is 1.74. The van der Waals surface area contributed by atoms with Crippen molar-refractivity contribution in [1.29, 1.82) is 0 Å². The number of hydrogen-bond donors (Lipinski definition) is 0. The third-order valence-corrected chi connectivity index (χ3v) is 1.58. The van der Waals surface area contributed by atoms with Crippen molar-refractivity contribution in [3.05, 3.63) is 0 Å². The molecule has 0 aromatic rings. The highest BCUT2D eigenvalue weighted by Crippen LogP contribution is 2.10. The highest BCUT2D eigenvalue weighted by atomic mass is 79.9. The largest absolute Gasteiger partial charge is 0.349 e. The first kappa shape index (κ1) is 7.18. The number of ether oxygens (including phenoxy) is 2. The molecule has 3 nitrogen and oxygen atoms in total. The molecule has 0 bridgehead atoms. The number of rotatable bonds is 2. The molecule has 0 spiro atoms. The van der Waals surface area contributed by atoms with Gasteiger partial charge in [0.1, 0.15) is 6.10 Å². The Hall–Kier alpha value is 0.0700. The molecule has 0 aliphatic carbocycles. The van der Waals surface area contributed by atoms with Gasteiger partial charge in [-0.3, -0.25) is 0 Å². The van der Waals surface area contributed by atoms with E-state index in [0.717, 1.165) is 6.29 Å². The number of carbonyl (C=O) groups excluding carboxylic acids is 1. The standard InChI is InChI=1S/C5H7BrO3/c6-1-5-8-3-4(2-7)9-5/h2,4-5H,1,3H2/t4-,5-/m0/s1. The van der Waals surface area contributed by atoms with Crippen molar-refractivity contribution in [2.24, 2.45) is 0 Å². The summed E-state index contributed by atoms with van der Waals surface area (Å²) in [6.45, 7) is 0.389. The van der Waals surface area contributed by atoms with Gasteiger partial charge < -0.3 is 14.3 Å². The van der Waals surface area contributed by atoms with Crippen LogP contribution in [0.1, 0.15) is 0 Å². The Morgan fingerprint density at radius 3 is 2.89 bits per heavy atom. The maximum absolute atomic E-state index is 10.0. The third-order valence-electron chi connectivity index (χ3n) is 1.05. The van der Waals surface area contributed by atoms with Crippen molar-refractivity contribution >= 4 is 22.2 Å². The number of hydrogen-bond acceptors (Lipinski definition) is 3. The van der Waals surface area contributed by atoms with Crippen LogP contribution in [0, 0.1) is 0 Å². The van der Waals surface area contributed by atoms with Crippen LogP contribution in [0.2, 0.25) is 0 Å². The smallest absolute Gasteiger partial charge is 0.168 e. The number of aldehydes is 1. The molecule has 0 radical (unpaired) electrons. The molecule has 1 aliphatic heterocycles. The monoisotopic (exact) mass is 194 g/mol. The summed E-state index contributed by atoms with van der Waals surface area (Å²) in [5, 5.41) is 0.622. The lowest BCUT2D eigenvalue weighted by Crippen LogP contribution is -2.13. The van der Waals surface area contributed by atoms with Crippen molar-refractivity contribution in [3.8, 4) is 0 Å². The number of carbonyl (C=O) groups is 1. The first-order chi connectivity index (χ1) is 4.36. The van der Waals surface area contributed by atoms with Crippen LogP contribution in [-0.4, -0.2) is 30.6 Å². The van der Waals surface area contributed by atoms with Gasteiger partial charge in [0, 0.05) is 0 Å². The zero-order chi connectivity index (χ0) is 6.69. The Kier molecular flexibility index (Phi) is 2.63. The molecule has 0 N–H and O–H groups in total. The van der Waals surface area contributed by atoms with Crippen LogP contribution in [-0.2, 0) is 14.3 Å². The van der Waals surface area contributed by atoms with E-state index < -0.39 is 0 Å². The second kappa shape index (κ2) is 3.29. The van der Waals surface area contributed by atoms with Crippen LogP contribution in [0.15, 0.2) is 0 Å². The average molecular weight is 195 g/mol. The highest BCUT2D eigenvalue weighted by Gasteiger charge is 2.23. The molecule has 1 saturated heterocycles. The molecule has 1 aliphatic rings. The molecule has 1 heterocycles. The Balaban J connectivity index is 2.28. The zero-order valence-electron chi connectivity index (χ0n) is 4.75. The van der Waals surface area contributed by atoms with Gasteiger partial charge in [-0.2, -0.15) is 0 Å². The SMILES string of the molecule is O=C[C@H]1CO[C@H](CBr)O1. The predicted octanol–water partition coefficient (Wildman–Crippen LogP) is 0.322. The van der Waals surface area contributed by atoms with Crippen LogP contribution >= 0.6 is 15.9 Å². The Morgan fingerprint density at radius 1 is 1.78 bits per heavy atom. The summed E-state index contributed by atoms with van der Waals surface area (Å²) in [6.07, 6.45) is 0.163. The molecule has 0 aromatic carbocycles. The van der Waals surface area contributed by atoms with E-state index in [4.69, 9.17) is 9.47 Å². The summed E-state index contributed by atoms with van der Waals surface area (Å²) >= 11 is 3.17. The lowest BCUT2D eigenvalue weighted by molar-refractivity contribution is -0.117. The molecule has 0 unspecified atom stereocenters.